The van der Waals surface area contributed by atoms with E-state index in [2.05, 4.69) is 5.32 Å². The first-order valence-electron chi connectivity index (χ1n) is 11.1. The van der Waals surface area contributed by atoms with Gasteiger partial charge in [0.15, 0.2) is 0 Å². The van der Waals surface area contributed by atoms with Crippen LogP contribution in [-0.2, 0) is 25.5 Å². The molecule has 0 spiro atoms. The highest BCUT2D eigenvalue weighted by atomic mass is 16.5. The molecular weight excluding hydrogens is 384 g/mol. The Balaban J connectivity index is 1.39. The molecule has 2 saturated heterocycles. The van der Waals surface area contributed by atoms with E-state index in [4.69, 9.17) is 9.47 Å². The van der Waals surface area contributed by atoms with Gasteiger partial charge in [0.05, 0.1) is 44.3 Å². The normalized spacial score (nSPS) is 29.8. The molecule has 4 atom stereocenters. The number of aliphatic hydroxyl groups is 1. The summed E-state index contributed by atoms with van der Waals surface area (Å²) >= 11 is 0. The molecule has 1 aromatic rings. The van der Waals surface area contributed by atoms with E-state index in [9.17, 15) is 14.7 Å². The monoisotopic (exact) mass is 416 g/mol. The minimum absolute atomic E-state index is 0.0121. The smallest absolute Gasteiger partial charge is 0.227 e. The summed E-state index contributed by atoms with van der Waals surface area (Å²) in [6.07, 6.45) is 4.25. The van der Waals surface area contributed by atoms with Crippen molar-refractivity contribution in [3.63, 3.8) is 0 Å². The van der Waals surface area contributed by atoms with E-state index in [-0.39, 0.29) is 43.2 Å². The maximum Gasteiger partial charge on any atom is 0.227 e. The van der Waals surface area contributed by atoms with Crippen molar-refractivity contribution >= 4 is 11.8 Å². The molecule has 0 bridgehead atoms. The van der Waals surface area contributed by atoms with Crippen molar-refractivity contribution in [3.8, 4) is 0 Å². The number of amides is 2. The second-order valence-corrected chi connectivity index (χ2v) is 8.74. The van der Waals surface area contributed by atoms with Gasteiger partial charge in [0.1, 0.15) is 6.10 Å². The standard InChI is InChI=1S/C23H32N2O5/c26-18-13-25(23(28)11-16-5-2-1-3-6-16)20-10-9-19(30-21(20)15-29-14-18)12-22(27)24-17-7-4-8-17/h1-3,5-6,17-21,26H,4,7-15H2,(H,24,27)/t18-,19+,20-,21+/m1/s1. The molecule has 0 aromatic heterocycles. The van der Waals surface area contributed by atoms with E-state index in [1.165, 1.54) is 6.42 Å². The lowest BCUT2D eigenvalue weighted by Crippen LogP contribution is -2.58. The van der Waals surface area contributed by atoms with Crippen LogP contribution in [0.1, 0.15) is 44.1 Å². The van der Waals surface area contributed by atoms with Gasteiger partial charge in [-0.2, -0.15) is 0 Å². The molecule has 0 radical (unpaired) electrons. The Kier molecular flexibility index (Phi) is 7.02. The Morgan fingerprint density at radius 3 is 2.63 bits per heavy atom. The van der Waals surface area contributed by atoms with E-state index in [1.54, 1.807) is 4.90 Å². The first-order valence-corrected chi connectivity index (χ1v) is 11.1. The van der Waals surface area contributed by atoms with Crippen molar-refractivity contribution in [1.82, 2.24) is 10.2 Å². The van der Waals surface area contributed by atoms with Crippen molar-refractivity contribution in [2.24, 2.45) is 0 Å². The van der Waals surface area contributed by atoms with Gasteiger partial charge in [0, 0.05) is 12.6 Å². The maximum absolute atomic E-state index is 13.1. The number of ether oxygens (including phenoxy) is 2. The third-order valence-electron chi connectivity index (χ3n) is 6.38. The lowest BCUT2D eigenvalue weighted by molar-refractivity contribution is -0.169. The van der Waals surface area contributed by atoms with E-state index in [0.717, 1.165) is 24.8 Å². The molecule has 1 saturated carbocycles. The lowest BCUT2D eigenvalue weighted by atomic mass is 9.92. The van der Waals surface area contributed by atoms with Crippen LogP contribution in [0, 0.1) is 0 Å². The van der Waals surface area contributed by atoms with Crippen LogP contribution in [0.2, 0.25) is 0 Å². The largest absolute Gasteiger partial charge is 0.389 e. The third-order valence-corrected chi connectivity index (χ3v) is 6.38. The van der Waals surface area contributed by atoms with Crippen molar-refractivity contribution in [2.75, 3.05) is 19.8 Å². The fourth-order valence-corrected chi connectivity index (χ4v) is 4.55. The summed E-state index contributed by atoms with van der Waals surface area (Å²) in [7, 11) is 0. The van der Waals surface area contributed by atoms with Crippen LogP contribution >= 0.6 is 0 Å². The summed E-state index contributed by atoms with van der Waals surface area (Å²) in [6, 6.07) is 9.82. The summed E-state index contributed by atoms with van der Waals surface area (Å²) < 4.78 is 11.9. The van der Waals surface area contributed by atoms with E-state index in [0.29, 0.717) is 31.9 Å². The molecule has 1 aliphatic carbocycles. The molecule has 7 heteroatoms. The second kappa shape index (κ2) is 9.90. The van der Waals surface area contributed by atoms with Gasteiger partial charge < -0.3 is 24.8 Å². The quantitative estimate of drug-likeness (QED) is 0.758. The maximum atomic E-state index is 13.1. The highest BCUT2D eigenvalue weighted by molar-refractivity contribution is 5.79. The van der Waals surface area contributed by atoms with E-state index >= 15 is 0 Å². The van der Waals surface area contributed by atoms with Gasteiger partial charge in [-0.3, -0.25) is 9.59 Å². The summed E-state index contributed by atoms with van der Waals surface area (Å²) in [5.74, 6) is 0.0317. The average molecular weight is 417 g/mol. The minimum Gasteiger partial charge on any atom is -0.389 e. The SMILES string of the molecule is O=C(C[C@@H]1CC[C@@H]2[C@H](COC[C@H](O)CN2C(=O)Cc2ccccc2)O1)NC1CCC1. The molecule has 2 aliphatic heterocycles. The molecule has 2 heterocycles. The molecule has 3 aliphatic rings. The Labute approximate surface area is 177 Å². The number of nitrogens with zero attached hydrogens (tertiary/aromatic N) is 1. The Morgan fingerprint density at radius 1 is 1.10 bits per heavy atom. The highest BCUT2D eigenvalue weighted by Crippen LogP contribution is 2.28. The van der Waals surface area contributed by atoms with Gasteiger partial charge in [0.2, 0.25) is 11.8 Å². The summed E-state index contributed by atoms with van der Waals surface area (Å²) in [6.45, 7) is 0.731. The van der Waals surface area contributed by atoms with Crippen LogP contribution in [0.15, 0.2) is 30.3 Å². The number of benzene rings is 1. The van der Waals surface area contributed by atoms with Gasteiger partial charge in [-0.05, 0) is 37.7 Å². The number of aliphatic hydroxyl groups excluding tert-OH is 1. The molecule has 3 fully saturated rings. The van der Waals surface area contributed by atoms with Crippen LogP contribution in [0.25, 0.3) is 0 Å². The Hall–Kier alpha value is -1.96. The zero-order valence-corrected chi connectivity index (χ0v) is 17.4. The fourth-order valence-electron chi connectivity index (χ4n) is 4.55. The number of rotatable bonds is 5. The molecule has 2 N–H and O–H groups in total. The van der Waals surface area contributed by atoms with Crippen LogP contribution in [0.3, 0.4) is 0 Å². The predicted octanol–water partition coefficient (Wildman–Crippen LogP) is 1.42. The van der Waals surface area contributed by atoms with Crippen molar-refractivity contribution in [1.29, 1.82) is 0 Å². The molecule has 0 unspecified atom stereocenters. The number of carbonyl (C=O) groups is 2. The first kappa shape index (κ1) is 21.3. The fraction of sp³-hybridized carbons (Fsp3) is 0.652. The predicted molar refractivity (Wildman–Crippen MR) is 111 cm³/mol. The number of hydrogen-bond acceptors (Lipinski definition) is 5. The average Bonchev–Trinajstić information content (AvgIpc) is 2.69. The van der Waals surface area contributed by atoms with Crippen LogP contribution in [-0.4, -0.2) is 72.0 Å². The van der Waals surface area contributed by atoms with Crippen molar-refractivity contribution < 1.29 is 24.2 Å². The zero-order chi connectivity index (χ0) is 20.9. The highest BCUT2D eigenvalue weighted by Gasteiger charge is 2.40. The number of carbonyl (C=O) groups excluding carboxylic acids is 2. The third kappa shape index (κ3) is 5.39. The van der Waals surface area contributed by atoms with E-state index in [1.807, 2.05) is 30.3 Å². The number of hydrogen-bond donors (Lipinski definition) is 2. The lowest BCUT2D eigenvalue weighted by Gasteiger charge is -2.44. The summed E-state index contributed by atoms with van der Waals surface area (Å²) in [5, 5.41) is 13.3. The molecule has 2 amide bonds. The van der Waals surface area contributed by atoms with Crippen molar-refractivity contribution in [2.45, 2.75) is 75.3 Å². The van der Waals surface area contributed by atoms with Gasteiger partial charge in [-0.1, -0.05) is 30.3 Å². The number of nitrogens with one attached hydrogen (secondary N) is 1. The van der Waals surface area contributed by atoms with Crippen LogP contribution in [0.5, 0.6) is 0 Å². The van der Waals surface area contributed by atoms with Gasteiger partial charge >= 0.3 is 0 Å². The summed E-state index contributed by atoms with van der Waals surface area (Å²) in [4.78, 5) is 27.2. The second-order valence-electron chi connectivity index (χ2n) is 8.74. The van der Waals surface area contributed by atoms with Crippen LogP contribution in [0.4, 0.5) is 0 Å². The van der Waals surface area contributed by atoms with Crippen molar-refractivity contribution in [3.05, 3.63) is 35.9 Å². The molecule has 30 heavy (non-hydrogen) atoms. The minimum atomic E-state index is -0.711. The molecule has 164 valence electrons. The first-order chi connectivity index (χ1) is 14.6. The van der Waals surface area contributed by atoms with Gasteiger partial charge in [-0.15, -0.1) is 0 Å². The number of β-amino-alcohol motifs (C(OH)–C–C–N with tert-alkyl or cyclic N) is 1. The van der Waals surface area contributed by atoms with Crippen LogP contribution < -0.4 is 5.32 Å². The number of fused-ring (bicyclic) bond motifs is 1. The Bertz CT molecular complexity index is 724. The summed E-state index contributed by atoms with van der Waals surface area (Å²) in [5.41, 5.74) is 0.953. The van der Waals surface area contributed by atoms with Gasteiger partial charge in [0.25, 0.3) is 0 Å². The topological polar surface area (TPSA) is 88.1 Å². The van der Waals surface area contributed by atoms with E-state index < -0.39 is 6.10 Å². The molecule has 7 nitrogen and oxygen atoms in total. The molecule has 1 aromatic carbocycles. The van der Waals surface area contributed by atoms with Gasteiger partial charge in [-0.25, -0.2) is 0 Å². The molecule has 4 rings (SSSR count). The molecular formula is C23H32N2O5. The Morgan fingerprint density at radius 2 is 1.90 bits per heavy atom. The zero-order valence-electron chi connectivity index (χ0n) is 17.4.